The number of piperazine rings is 1. The smallest absolute Gasteiger partial charge is 0.340 e. The molecular weight excluding hydrogens is 373 g/mol. The summed E-state index contributed by atoms with van der Waals surface area (Å²) in [6.07, 6.45) is 0. The first-order valence-corrected chi connectivity index (χ1v) is 9.98. The lowest BCUT2D eigenvalue weighted by Gasteiger charge is -2.38. The number of aromatic nitrogens is 1. The van der Waals surface area contributed by atoms with Gasteiger partial charge in [0, 0.05) is 37.6 Å². The van der Waals surface area contributed by atoms with Gasteiger partial charge in [0.25, 0.3) is 0 Å². The Bertz CT molecular complexity index is 883. The normalized spacial score (nSPS) is 16.0. The Morgan fingerprint density at radius 1 is 1.14 bits per heavy atom. The van der Waals surface area contributed by atoms with E-state index in [-0.39, 0.29) is 17.6 Å². The largest absolute Gasteiger partial charge is 0.462 e. The van der Waals surface area contributed by atoms with Crippen LogP contribution in [-0.4, -0.2) is 60.5 Å². The minimum atomic E-state index is -0.404. The first-order valence-electron chi connectivity index (χ1n) is 9.98. The van der Waals surface area contributed by atoms with Crippen LogP contribution in [-0.2, 0) is 4.74 Å². The first kappa shape index (κ1) is 21.0. The number of Topliss-reactive ketones (excluding diaryl/α,β-unsaturated/α-hetero) is 1. The average molecular weight is 401 g/mol. The Balaban J connectivity index is 1.68. The van der Waals surface area contributed by atoms with Gasteiger partial charge in [-0.05, 0) is 57.5 Å². The number of carbonyl (C=O) groups is 2. The van der Waals surface area contributed by atoms with Crippen molar-refractivity contribution in [3.63, 3.8) is 0 Å². The molecule has 0 unspecified atom stereocenters. The van der Waals surface area contributed by atoms with E-state index >= 15 is 0 Å². The van der Waals surface area contributed by atoms with Crippen molar-refractivity contribution in [1.82, 2.24) is 9.88 Å². The Hall–Kier alpha value is -2.67. The van der Waals surface area contributed by atoms with Gasteiger partial charge >= 0.3 is 5.97 Å². The standard InChI is InChI=1S/C22H28FN3O3/c1-5-29-22(28)19-14(2)20(24-15(19)3)21(27)16(4)25-10-12-26(13-11-25)18-8-6-17(23)7-9-18/h6-9,16,24H,5,10-13H2,1-4H3/t16-/m1/s1. The molecule has 1 aromatic carbocycles. The van der Waals surface area contributed by atoms with Crippen LogP contribution in [0.1, 0.15) is 46.0 Å². The van der Waals surface area contributed by atoms with Crippen molar-refractivity contribution in [2.45, 2.75) is 33.7 Å². The molecule has 6 nitrogen and oxygen atoms in total. The zero-order valence-electron chi connectivity index (χ0n) is 17.4. The van der Waals surface area contributed by atoms with Crippen molar-refractivity contribution in [3.05, 3.63) is 52.6 Å². The summed E-state index contributed by atoms with van der Waals surface area (Å²) >= 11 is 0. The highest BCUT2D eigenvalue weighted by atomic mass is 19.1. The summed E-state index contributed by atoms with van der Waals surface area (Å²) in [4.78, 5) is 32.7. The van der Waals surface area contributed by atoms with Crippen LogP contribution >= 0.6 is 0 Å². The van der Waals surface area contributed by atoms with E-state index in [9.17, 15) is 14.0 Å². The highest BCUT2D eigenvalue weighted by molar-refractivity contribution is 6.03. The van der Waals surface area contributed by atoms with Gasteiger partial charge in [-0.25, -0.2) is 9.18 Å². The fourth-order valence-corrected chi connectivity index (χ4v) is 3.90. The fourth-order valence-electron chi connectivity index (χ4n) is 3.90. The second-order valence-electron chi connectivity index (χ2n) is 7.39. The molecule has 1 aliphatic rings. The first-order chi connectivity index (χ1) is 13.8. The molecule has 1 fully saturated rings. The van der Waals surface area contributed by atoms with Gasteiger partial charge in [-0.2, -0.15) is 0 Å². The number of benzene rings is 1. The summed E-state index contributed by atoms with van der Waals surface area (Å²) in [5.74, 6) is -0.680. The van der Waals surface area contributed by atoms with Crippen molar-refractivity contribution in [3.8, 4) is 0 Å². The number of H-pyrrole nitrogens is 1. The molecule has 0 amide bonds. The van der Waals surface area contributed by atoms with Crippen molar-refractivity contribution in [2.24, 2.45) is 0 Å². The number of esters is 1. The second-order valence-corrected chi connectivity index (χ2v) is 7.39. The predicted octanol–water partition coefficient (Wildman–Crippen LogP) is 3.34. The SMILES string of the molecule is CCOC(=O)c1c(C)[nH]c(C(=O)[C@@H](C)N2CCN(c3ccc(F)cc3)CC2)c1C. The molecule has 1 aromatic heterocycles. The van der Waals surface area contributed by atoms with Crippen LogP contribution in [0.25, 0.3) is 0 Å². The molecule has 2 heterocycles. The van der Waals surface area contributed by atoms with E-state index in [0.717, 1.165) is 31.9 Å². The summed E-state index contributed by atoms with van der Waals surface area (Å²) in [6.45, 7) is 10.5. The van der Waals surface area contributed by atoms with Crippen LogP contribution in [0.3, 0.4) is 0 Å². The molecule has 2 aromatic rings. The van der Waals surface area contributed by atoms with Crippen LogP contribution in [0.5, 0.6) is 0 Å². The van der Waals surface area contributed by atoms with E-state index in [2.05, 4.69) is 14.8 Å². The van der Waals surface area contributed by atoms with Gasteiger partial charge in [0.05, 0.1) is 23.9 Å². The van der Waals surface area contributed by atoms with Gasteiger partial charge in [-0.3, -0.25) is 9.69 Å². The van der Waals surface area contributed by atoms with Gasteiger partial charge in [-0.1, -0.05) is 0 Å². The molecule has 1 saturated heterocycles. The number of halogens is 1. The molecule has 3 rings (SSSR count). The molecule has 7 heteroatoms. The molecule has 0 aliphatic carbocycles. The maximum absolute atomic E-state index is 13.1. The summed E-state index contributed by atoms with van der Waals surface area (Å²) in [7, 11) is 0. The number of aryl methyl sites for hydroxylation is 1. The van der Waals surface area contributed by atoms with E-state index in [1.807, 2.05) is 6.92 Å². The van der Waals surface area contributed by atoms with Crippen molar-refractivity contribution >= 4 is 17.4 Å². The van der Waals surface area contributed by atoms with Gasteiger partial charge in [0.1, 0.15) is 5.82 Å². The third kappa shape index (κ3) is 4.34. The van der Waals surface area contributed by atoms with Gasteiger partial charge in [0.15, 0.2) is 5.78 Å². The number of carbonyl (C=O) groups excluding carboxylic acids is 2. The number of aromatic amines is 1. The summed E-state index contributed by atoms with van der Waals surface area (Å²) in [6, 6.07) is 6.18. The number of rotatable bonds is 6. The maximum atomic E-state index is 13.1. The third-order valence-corrected chi connectivity index (χ3v) is 5.60. The minimum Gasteiger partial charge on any atom is -0.462 e. The molecule has 156 valence electrons. The van der Waals surface area contributed by atoms with E-state index in [1.54, 1.807) is 32.9 Å². The molecule has 0 spiro atoms. The van der Waals surface area contributed by atoms with Gasteiger partial charge in [0.2, 0.25) is 0 Å². The number of ether oxygens (including phenoxy) is 1. The van der Waals surface area contributed by atoms with Crippen molar-refractivity contribution < 1.29 is 18.7 Å². The van der Waals surface area contributed by atoms with E-state index < -0.39 is 5.97 Å². The summed E-state index contributed by atoms with van der Waals surface area (Å²) in [5, 5.41) is 0. The highest BCUT2D eigenvalue weighted by Gasteiger charge is 2.30. The molecule has 0 saturated carbocycles. The minimum absolute atomic E-state index is 0.0311. The quantitative estimate of drug-likeness (QED) is 0.594. The second kappa shape index (κ2) is 8.78. The Labute approximate surface area is 170 Å². The van der Waals surface area contributed by atoms with Crippen LogP contribution in [0.4, 0.5) is 10.1 Å². The number of anilines is 1. The number of nitrogens with one attached hydrogen (secondary N) is 1. The van der Waals surface area contributed by atoms with Crippen LogP contribution < -0.4 is 4.90 Å². The van der Waals surface area contributed by atoms with Crippen LogP contribution in [0, 0.1) is 19.7 Å². The monoisotopic (exact) mass is 401 g/mol. The van der Waals surface area contributed by atoms with Crippen molar-refractivity contribution in [2.75, 3.05) is 37.7 Å². The highest BCUT2D eigenvalue weighted by Crippen LogP contribution is 2.23. The van der Waals surface area contributed by atoms with Gasteiger partial charge < -0.3 is 14.6 Å². The lowest BCUT2D eigenvalue weighted by atomic mass is 10.0. The molecule has 1 atom stereocenters. The van der Waals surface area contributed by atoms with E-state index in [0.29, 0.717) is 29.1 Å². The zero-order chi connectivity index (χ0) is 21.1. The Morgan fingerprint density at radius 3 is 2.34 bits per heavy atom. The molecule has 0 bridgehead atoms. The zero-order valence-corrected chi connectivity index (χ0v) is 17.4. The molecular formula is C22H28FN3O3. The number of hydrogen-bond donors (Lipinski definition) is 1. The summed E-state index contributed by atoms with van der Waals surface area (Å²) in [5.41, 5.74) is 3.20. The molecule has 1 N–H and O–H groups in total. The lowest BCUT2D eigenvalue weighted by molar-refractivity contribution is 0.0525. The number of ketones is 1. The lowest BCUT2D eigenvalue weighted by Crippen LogP contribution is -2.51. The molecule has 0 radical (unpaired) electrons. The fraction of sp³-hybridized carbons (Fsp3) is 0.455. The van der Waals surface area contributed by atoms with Crippen LogP contribution in [0.2, 0.25) is 0 Å². The maximum Gasteiger partial charge on any atom is 0.340 e. The van der Waals surface area contributed by atoms with E-state index in [1.165, 1.54) is 12.1 Å². The number of hydrogen-bond acceptors (Lipinski definition) is 5. The average Bonchev–Trinajstić information content (AvgIpc) is 3.02. The third-order valence-electron chi connectivity index (χ3n) is 5.60. The van der Waals surface area contributed by atoms with Crippen molar-refractivity contribution in [1.29, 1.82) is 0 Å². The van der Waals surface area contributed by atoms with Crippen LogP contribution in [0.15, 0.2) is 24.3 Å². The topological polar surface area (TPSA) is 65.6 Å². The number of nitrogens with zero attached hydrogens (tertiary/aromatic N) is 2. The Kier molecular flexibility index (Phi) is 6.37. The molecule has 1 aliphatic heterocycles. The summed E-state index contributed by atoms with van der Waals surface area (Å²) < 4.78 is 18.2. The molecule has 29 heavy (non-hydrogen) atoms. The predicted molar refractivity (Wildman–Crippen MR) is 110 cm³/mol. The Morgan fingerprint density at radius 2 is 1.76 bits per heavy atom. The van der Waals surface area contributed by atoms with E-state index in [4.69, 9.17) is 4.74 Å². The van der Waals surface area contributed by atoms with Gasteiger partial charge in [-0.15, -0.1) is 0 Å².